The summed E-state index contributed by atoms with van der Waals surface area (Å²) in [6.07, 6.45) is 1.96. The van der Waals surface area contributed by atoms with Crippen molar-refractivity contribution in [3.8, 4) is 0 Å². The minimum Gasteiger partial charge on any atom is -0.520 e. The number of aryl methyl sites for hydroxylation is 1. The standard InChI is InChI=1S/C14H22O2Si/c1-6-15-14(16-17(3,4)5)11-13-9-7-12(2)8-10-13/h7-11H,6H2,1-5H3. The van der Waals surface area contributed by atoms with Gasteiger partial charge in [-0.2, -0.15) is 0 Å². The molecular formula is C14H22O2Si. The molecule has 2 nitrogen and oxygen atoms in total. The molecule has 0 aliphatic rings. The van der Waals surface area contributed by atoms with Gasteiger partial charge in [-0.3, -0.25) is 0 Å². The normalized spacial score (nSPS) is 12.4. The summed E-state index contributed by atoms with van der Waals surface area (Å²) in [6, 6.07) is 8.32. The SMILES string of the molecule is CCOC(=Cc1ccc(C)cc1)O[Si](C)(C)C. The largest absolute Gasteiger partial charge is 0.520 e. The minimum atomic E-state index is -1.62. The van der Waals surface area contributed by atoms with Crippen molar-refractivity contribution >= 4 is 14.4 Å². The minimum absolute atomic E-state index is 0.627. The second kappa shape index (κ2) is 5.91. The molecule has 1 rings (SSSR count). The molecule has 1 aromatic rings. The van der Waals surface area contributed by atoms with Crippen molar-refractivity contribution in [2.24, 2.45) is 0 Å². The number of hydrogen-bond acceptors (Lipinski definition) is 2. The Labute approximate surface area is 105 Å². The van der Waals surface area contributed by atoms with Crippen LogP contribution in [0.1, 0.15) is 18.1 Å². The van der Waals surface area contributed by atoms with Crippen LogP contribution >= 0.6 is 0 Å². The van der Waals surface area contributed by atoms with E-state index in [1.807, 2.05) is 13.0 Å². The van der Waals surface area contributed by atoms with Gasteiger partial charge in [-0.15, -0.1) is 0 Å². The molecular weight excluding hydrogens is 228 g/mol. The van der Waals surface area contributed by atoms with Crippen LogP contribution in [-0.4, -0.2) is 14.9 Å². The highest BCUT2D eigenvalue weighted by atomic mass is 28.4. The fourth-order valence-corrected chi connectivity index (χ4v) is 2.06. The van der Waals surface area contributed by atoms with Crippen LogP contribution in [0.4, 0.5) is 0 Å². The first-order valence-electron chi connectivity index (χ1n) is 6.01. The first-order chi connectivity index (χ1) is 7.90. The molecule has 0 bridgehead atoms. The van der Waals surface area contributed by atoms with E-state index in [0.717, 1.165) is 5.56 Å². The van der Waals surface area contributed by atoms with Crippen molar-refractivity contribution in [2.75, 3.05) is 6.61 Å². The zero-order valence-corrected chi connectivity index (χ0v) is 12.4. The molecule has 0 N–H and O–H groups in total. The highest BCUT2D eigenvalue weighted by Gasteiger charge is 2.18. The summed E-state index contributed by atoms with van der Waals surface area (Å²) in [5.41, 5.74) is 2.36. The van der Waals surface area contributed by atoms with Crippen molar-refractivity contribution in [3.05, 3.63) is 41.3 Å². The second-order valence-electron chi connectivity index (χ2n) is 5.02. The molecule has 0 amide bonds. The van der Waals surface area contributed by atoms with E-state index in [9.17, 15) is 0 Å². The Morgan fingerprint density at radius 3 is 2.24 bits per heavy atom. The van der Waals surface area contributed by atoms with Crippen molar-refractivity contribution in [1.82, 2.24) is 0 Å². The molecule has 3 heteroatoms. The molecule has 0 fully saturated rings. The highest BCUT2D eigenvalue weighted by Crippen LogP contribution is 2.15. The lowest BCUT2D eigenvalue weighted by Gasteiger charge is -2.21. The summed E-state index contributed by atoms with van der Waals surface area (Å²) in [6.45, 7) is 11.1. The number of ether oxygens (including phenoxy) is 1. The topological polar surface area (TPSA) is 18.5 Å². The zero-order chi connectivity index (χ0) is 12.9. The van der Waals surface area contributed by atoms with E-state index in [2.05, 4.69) is 50.8 Å². The number of benzene rings is 1. The maximum Gasteiger partial charge on any atom is 0.265 e. The molecule has 0 aliphatic heterocycles. The molecule has 0 aromatic heterocycles. The third-order valence-corrected chi connectivity index (χ3v) is 2.87. The Morgan fingerprint density at radius 1 is 1.18 bits per heavy atom. The Hall–Kier alpha value is -1.22. The van der Waals surface area contributed by atoms with Gasteiger partial charge in [0, 0.05) is 6.08 Å². The van der Waals surface area contributed by atoms with Crippen molar-refractivity contribution in [2.45, 2.75) is 33.5 Å². The molecule has 0 unspecified atom stereocenters. The second-order valence-corrected chi connectivity index (χ2v) is 9.45. The summed E-state index contributed by atoms with van der Waals surface area (Å²) >= 11 is 0. The summed E-state index contributed by atoms with van der Waals surface area (Å²) in [7, 11) is -1.62. The van der Waals surface area contributed by atoms with Crippen molar-refractivity contribution < 1.29 is 9.16 Å². The maximum atomic E-state index is 5.89. The van der Waals surface area contributed by atoms with Crippen LogP contribution in [0.5, 0.6) is 0 Å². The highest BCUT2D eigenvalue weighted by molar-refractivity contribution is 6.70. The predicted octanol–water partition coefficient (Wildman–Crippen LogP) is 4.18. The average molecular weight is 250 g/mol. The monoisotopic (exact) mass is 250 g/mol. The summed E-state index contributed by atoms with van der Waals surface area (Å²) in [4.78, 5) is 0. The predicted molar refractivity (Wildman–Crippen MR) is 75.2 cm³/mol. The van der Waals surface area contributed by atoms with E-state index in [4.69, 9.17) is 9.16 Å². The maximum absolute atomic E-state index is 5.89. The van der Waals surface area contributed by atoms with Gasteiger partial charge in [0.05, 0.1) is 6.61 Å². The van der Waals surface area contributed by atoms with Gasteiger partial charge in [-0.05, 0) is 39.1 Å². The van der Waals surface area contributed by atoms with Gasteiger partial charge in [0.2, 0.25) is 8.32 Å². The fourth-order valence-electron chi connectivity index (χ4n) is 1.34. The van der Waals surface area contributed by atoms with Crippen molar-refractivity contribution in [3.63, 3.8) is 0 Å². The van der Waals surface area contributed by atoms with Crippen LogP contribution in [0.3, 0.4) is 0 Å². The Kier molecular flexibility index (Phi) is 4.81. The molecule has 0 atom stereocenters. The van der Waals surface area contributed by atoms with Gasteiger partial charge in [-0.25, -0.2) is 0 Å². The van der Waals surface area contributed by atoms with Crippen LogP contribution in [0.2, 0.25) is 19.6 Å². The van der Waals surface area contributed by atoms with Gasteiger partial charge >= 0.3 is 0 Å². The van der Waals surface area contributed by atoms with Crippen molar-refractivity contribution in [1.29, 1.82) is 0 Å². The molecule has 0 spiro atoms. The summed E-state index contributed by atoms with van der Waals surface area (Å²) in [5, 5.41) is 0. The molecule has 0 radical (unpaired) electrons. The molecule has 0 aliphatic carbocycles. The third-order valence-electron chi connectivity index (χ3n) is 2.06. The van der Waals surface area contributed by atoms with Gasteiger partial charge < -0.3 is 9.16 Å². The molecule has 0 saturated carbocycles. The van der Waals surface area contributed by atoms with E-state index in [-0.39, 0.29) is 0 Å². The van der Waals surface area contributed by atoms with E-state index in [1.54, 1.807) is 0 Å². The molecule has 94 valence electrons. The molecule has 0 saturated heterocycles. The molecule has 17 heavy (non-hydrogen) atoms. The van der Waals surface area contributed by atoms with Gasteiger partial charge in [0.25, 0.3) is 5.95 Å². The Morgan fingerprint density at radius 2 is 1.76 bits per heavy atom. The third kappa shape index (κ3) is 5.59. The number of hydrogen-bond donors (Lipinski definition) is 0. The quantitative estimate of drug-likeness (QED) is 0.576. The zero-order valence-electron chi connectivity index (χ0n) is 11.4. The lowest BCUT2D eigenvalue weighted by molar-refractivity contribution is 0.117. The lowest BCUT2D eigenvalue weighted by Crippen LogP contribution is -2.25. The van der Waals surface area contributed by atoms with E-state index in [1.165, 1.54) is 5.56 Å². The molecule has 1 aromatic carbocycles. The van der Waals surface area contributed by atoms with Crippen LogP contribution in [-0.2, 0) is 9.16 Å². The van der Waals surface area contributed by atoms with Crippen LogP contribution < -0.4 is 0 Å². The first-order valence-corrected chi connectivity index (χ1v) is 9.42. The van der Waals surface area contributed by atoms with Gasteiger partial charge in [0.1, 0.15) is 0 Å². The lowest BCUT2D eigenvalue weighted by atomic mass is 10.1. The van der Waals surface area contributed by atoms with E-state index in [0.29, 0.717) is 12.6 Å². The summed E-state index contributed by atoms with van der Waals surface area (Å²) in [5.74, 6) is 0.635. The van der Waals surface area contributed by atoms with Gasteiger partial charge in [-0.1, -0.05) is 29.8 Å². The van der Waals surface area contributed by atoms with Crippen LogP contribution in [0.15, 0.2) is 30.2 Å². The Bertz CT molecular complexity index is 374. The first kappa shape index (κ1) is 13.8. The van der Waals surface area contributed by atoms with E-state index >= 15 is 0 Å². The number of rotatable bonds is 5. The summed E-state index contributed by atoms with van der Waals surface area (Å²) < 4.78 is 11.4. The average Bonchev–Trinajstić information content (AvgIpc) is 2.19. The van der Waals surface area contributed by atoms with E-state index < -0.39 is 8.32 Å². The van der Waals surface area contributed by atoms with Crippen LogP contribution in [0.25, 0.3) is 6.08 Å². The fraction of sp³-hybridized carbons (Fsp3) is 0.429. The molecule has 0 heterocycles. The Balaban J connectivity index is 2.85. The van der Waals surface area contributed by atoms with Crippen LogP contribution in [0, 0.1) is 6.92 Å². The smallest absolute Gasteiger partial charge is 0.265 e. The van der Waals surface area contributed by atoms with Gasteiger partial charge in [0.15, 0.2) is 0 Å².